The van der Waals surface area contributed by atoms with Gasteiger partial charge in [0.1, 0.15) is 8.42 Å². The van der Waals surface area contributed by atoms with Gasteiger partial charge in [-0.05, 0) is 31.0 Å². The monoisotopic (exact) mass is 449 g/mol. The second-order valence-electron chi connectivity index (χ2n) is 5.88. The molecule has 0 saturated carbocycles. The largest absolute Gasteiger partial charge is 0.356 e. The third kappa shape index (κ3) is 6.62. The number of nitrogens with two attached hydrogens (primary N) is 1. The fourth-order valence-corrected chi connectivity index (χ4v) is 5.93. The number of benzene rings is 1. The summed E-state index contributed by atoms with van der Waals surface area (Å²) in [5, 5.41) is 5.05. The van der Waals surface area contributed by atoms with E-state index in [0.29, 0.717) is 11.3 Å². The Kier molecular flexibility index (Phi) is 8.13. The fourth-order valence-electron chi connectivity index (χ4n) is 2.29. The van der Waals surface area contributed by atoms with Gasteiger partial charge in [0.2, 0.25) is 10.0 Å². The smallest absolute Gasteiger partial charge is 0.247 e. The summed E-state index contributed by atoms with van der Waals surface area (Å²) in [6, 6.07) is 11.6. The molecule has 0 spiro atoms. The Morgan fingerprint density at radius 1 is 1.00 bits per heavy atom. The van der Waals surface area contributed by atoms with Gasteiger partial charge in [-0.25, -0.2) is 22.0 Å². The maximum atomic E-state index is 12.6. The molecule has 28 heavy (non-hydrogen) atoms. The Bertz CT molecular complexity index is 956. The minimum Gasteiger partial charge on any atom is -0.356 e. The number of hydrogen-bond acceptors (Lipinski definition) is 8. The topological polar surface area (TPSA) is 122 Å². The average Bonchev–Trinajstić information content (AvgIpc) is 3.16. The Hall–Kier alpha value is -1.34. The molecule has 2 N–H and O–H groups in total. The van der Waals surface area contributed by atoms with E-state index in [4.69, 9.17) is 19.3 Å². The van der Waals surface area contributed by atoms with Crippen molar-refractivity contribution in [1.82, 2.24) is 0 Å². The van der Waals surface area contributed by atoms with Crippen LogP contribution in [0.25, 0.3) is 0 Å². The summed E-state index contributed by atoms with van der Waals surface area (Å²) in [6.45, 7) is 1.65. The molecule has 0 aliphatic heterocycles. The Morgan fingerprint density at radius 2 is 1.64 bits per heavy atom. The first-order valence-electron chi connectivity index (χ1n) is 8.30. The quantitative estimate of drug-likeness (QED) is 0.522. The highest BCUT2D eigenvalue weighted by Gasteiger charge is 2.23. The van der Waals surface area contributed by atoms with Crippen LogP contribution in [0.4, 0.5) is 0 Å². The zero-order valence-corrected chi connectivity index (χ0v) is 17.9. The molecule has 0 amide bonds. The second-order valence-corrected chi connectivity index (χ2v) is 11.1. The number of methoxy groups -OCH3 is 1. The minimum atomic E-state index is -3.94. The van der Waals surface area contributed by atoms with Gasteiger partial charge < -0.3 is 14.2 Å². The first kappa shape index (κ1) is 22.9. The van der Waals surface area contributed by atoms with Crippen LogP contribution in [0, 0.1) is 0 Å². The molecule has 0 bridgehead atoms. The van der Waals surface area contributed by atoms with Gasteiger partial charge in [-0.15, -0.1) is 11.3 Å². The molecule has 1 heterocycles. The van der Waals surface area contributed by atoms with Crippen LogP contribution in [-0.4, -0.2) is 42.8 Å². The molecule has 0 radical (unpaired) electrons. The van der Waals surface area contributed by atoms with Crippen LogP contribution in [0.5, 0.6) is 0 Å². The molecule has 2 aromatic rings. The highest BCUT2D eigenvalue weighted by Crippen LogP contribution is 2.28. The average molecular weight is 450 g/mol. The molecule has 0 aliphatic carbocycles. The molecule has 0 saturated heterocycles. The number of hydrogen-bond donors (Lipinski definition) is 1. The molecule has 0 fully saturated rings. The third-order valence-electron chi connectivity index (χ3n) is 3.87. The summed E-state index contributed by atoms with van der Waals surface area (Å²) in [5.41, 5.74) is 0.808. The van der Waals surface area contributed by atoms with Gasteiger partial charge in [0.05, 0.1) is 11.9 Å². The molecule has 1 aromatic heterocycles. The van der Waals surface area contributed by atoms with Crippen molar-refractivity contribution >= 4 is 31.2 Å². The lowest BCUT2D eigenvalue weighted by Gasteiger charge is -2.19. The van der Waals surface area contributed by atoms with Crippen molar-refractivity contribution in [2.24, 2.45) is 5.14 Å². The molecule has 2 rings (SSSR count). The van der Waals surface area contributed by atoms with E-state index in [0.717, 1.165) is 5.56 Å². The van der Waals surface area contributed by atoms with Gasteiger partial charge in [0, 0.05) is 7.11 Å². The van der Waals surface area contributed by atoms with Crippen LogP contribution < -0.4 is 5.14 Å². The normalized spacial score (nSPS) is 14.7. The molecule has 156 valence electrons. The van der Waals surface area contributed by atoms with E-state index < -0.39 is 32.3 Å². The first-order valence-corrected chi connectivity index (χ1v) is 12.3. The van der Waals surface area contributed by atoms with Gasteiger partial charge in [-0.1, -0.05) is 30.3 Å². The minimum absolute atomic E-state index is 0.0485. The standard InChI is InChI=1S/C17H23NO7S3/c1-13(23-2)24-12-25-15(14-6-4-3-5-7-14)10-11-27(19,20)16-8-9-17(26-16)28(18,21)22/h3-9,13,15H,10-12H2,1-2H3,(H2,18,21,22). The van der Waals surface area contributed by atoms with Crippen LogP contribution in [0.15, 0.2) is 50.9 Å². The number of rotatable bonds is 11. The number of sulfonamides is 1. The van der Waals surface area contributed by atoms with Crippen LogP contribution >= 0.6 is 11.3 Å². The van der Waals surface area contributed by atoms with Crippen LogP contribution in [0.1, 0.15) is 25.0 Å². The summed E-state index contributed by atoms with van der Waals surface area (Å²) in [5.74, 6) is -0.225. The number of sulfone groups is 1. The molecule has 2 atom stereocenters. The lowest BCUT2D eigenvalue weighted by Crippen LogP contribution is -2.17. The maximum Gasteiger partial charge on any atom is 0.247 e. The van der Waals surface area contributed by atoms with Crippen molar-refractivity contribution in [2.45, 2.75) is 34.2 Å². The van der Waals surface area contributed by atoms with Crippen molar-refractivity contribution in [1.29, 1.82) is 0 Å². The highest BCUT2D eigenvalue weighted by atomic mass is 32.3. The highest BCUT2D eigenvalue weighted by molar-refractivity contribution is 7.95. The van der Waals surface area contributed by atoms with E-state index in [1.165, 1.54) is 19.2 Å². The van der Waals surface area contributed by atoms with Crippen molar-refractivity contribution < 1.29 is 31.0 Å². The first-order chi connectivity index (χ1) is 13.1. The zero-order chi connectivity index (χ0) is 20.8. The Balaban J connectivity index is 2.09. The fraction of sp³-hybridized carbons (Fsp3) is 0.412. The van der Waals surface area contributed by atoms with Crippen molar-refractivity contribution in [2.75, 3.05) is 19.7 Å². The van der Waals surface area contributed by atoms with Gasteiger partial charge in [-0.2, -0.15) is 0 Å². The zero-order valence-electron chi connectivity index (χ0n) is 15.5. The third-order valence-corrected chi connectivity index (χ3v) is 8.72. The number of thiophene rings is 1. The van der Waals surface area contributed by atoms with Crippen molar-refractivity contribution in [3.8, 4) is 0 Å². The van der Waals surface area contributed by atoms with E-state index in [1.807, 2.05) is 30.3 Å². The molecule has 11 heteroatoms. The Morgan fingerprint density at radius 3 is 2.21 bits per heavy atom. The molecular formula is C17H23NO7S3. The van der Waals surface area contributed by atoms with Crippen LogP contribution in [-0.2, 0) is 34.1 Å². The molecule has 2 unspecified atom stereocenters. The summed E-state index contributed by atoms with van der Waals surface area (Å²) in [6.07, 6.45) is -0.805. The van der Waals surface area contributed by atoms with Crippen molar-refractivity contribution in [3.63, 3.8) is 0 Å². The summed E-state index contributed by atoms with van der Waals surface area (Å²) >= 11 is 0.636. The maximum absolute atomic E-state index is 12.6. The van der Waals surface area contributed by atoms with Gasteiger partial charge in [0.25, 0.3) is 0 Å². The summed E-state index contributed by atoms with van der Waals surface area (Å²) in [7, 11) is -6.13. The van der Waals surface area contributed by atoms with E-state index in [-0.39, 0.29) is 27.4 Å². The Labute approximate surface area is 169 Å². The van der Waals surface area contributed by atoms with E-state index >= 15 is 0 Å². The van der Waals surface area contributed by atoms with Crippen LogP contribution in [0.3, 0.4) is 0 Å². The van der Waals surface area contributed by atoms with Gasteiger partial charge in [-0.3, -0.25) is 0 Å². The summed E-state index contributed by atoms with van der Waals surface area (Å²) in [4.78, 5) is 0. The predicted molar refractivity (Wildman–Crippen MR) is 105 cm³/mol. The van der Waals surface area contributed by atoms with E-state index in [2.05, 4.69) is 0 Å². The van der Waals surface area contributed by atoms with Gasteiger partial charge >= 0.3 is 0 Å². The number of primary sulfonamides is 1. The molecule has 8 nitrogen and oxygen atoms in total. The van der Waals surface area contributed by atoms with Crippen LogP contribution in [0.2, 0.25) is 0 Å². The van der Waals surface area contributed by atoms with Gasteiger partial charge in [0.15, 0.2) is 22.9 Å². The molecule has 1 aromatic carbocycles. The lowest BCUT2D eigenvalue weighted by atomic mass is 10.1. The molecule has 0 aliphatic rings. The van der Waals surface area contributed by atoms with E-state index in [1.54, 1.807) is 6.92 Å². The predicted octanol–water partition coefficient (Wildman–Crippen LogP) is 2.28. The SMILES string of the molecule is COC(C)OCOC(CCS(=O)(=O)c1ccc(S(N)(=O)=O)s1)c1ccccc1. The van der Waals surface area contributed by atoms with Crippen molar-refractivity contribution in [3.05, 3.63) is 48.0 Å². The summed E-state index contributed by atoms with van der Waals surface area (Å²) < 4.78 is 63.7. The van der Waals surface area contributed by atoms with E-state index in [9.17, 15) is 16.8 Å². The number of ether oxygens (including phenoxy) is 3. The lowest BCUT2D eigenvalue weighted by molar-refractivity contribution is -0.189. The molecular weight excluding hydrogens is 426 g/mol. The second kappa shape index (κ2) is 9.92.